The van der Waals surface area contributed by atoms with Crippen LogP contribution in [0.5, 0.6) is 0 Å². The largest absolute Gasteiger partial charge is 0.321 e. The van der Waals surface area contributed by atoms with Gasteiger partial charge in [0.25, 0.3) is 0 Å². The molecule has 0 saturated heterocycles. The second-order valence-corrected chi connectivity index (χ2v) is 5.84. The Hall–Kier alpha value is -0.820. The Morgan fingerprint density at radius 3 is 2.06 bits per heavy atom. The molecule has 1 fully saturated rings. The summed E-state index contributed by atoms with van der Waals surface area (Å²) < 4.78 is 0. The summed E-state index contributed by atoms with van der Waals surface area (Å²) in [6.45, 7) is 4.34. The monoisotopic (exact) mass is 231 g/mol. The molecule has 2 rings (SSSR count). The molecule has 1 aromatic carbocycles. The fraction of sp³-hybridized carbons (Fsp3) is 0.625. The maximum absolute atomic E-state index is 6.63. The molecule has 94 valence electrons. The topological polar surface area (TPSA) is 26.0 Å². The molecule has 1 nitrogen and oxygen atoms in total. The molecule has 1 heteroatoms. The molecule has 0 spiro atoms. The molecule has 1 unspecified atom stereocenters. The Kier molecular flexibility index (Phi) is 3.88. The molecule has 0 aromatic heterocycles. The predicted octanol–water partition coefficient (Wildman–Crippen LogP) is 4.14. The van der Waals surface area contributed by atoms with Crippen LogP contribution in [0.4, 0.5) is 0 Å². The molecular formula is C16H25N. The van der Waals surface area contributed by atoms with Gasteiger partial charge in [-0.15, -0.1) is 0 Å². The van der Waals surface area contributed by atoms with E-state index < -0.39 is 0 Å². The lowest BCUT2D eigenvalue weighted by Gasteiger charge is -2.34. The maximum Gasteiger partial charge on any atom is 0.0409 e. The lowest BCUT2D eigenvalue weighted by Crippen LogP contribution is -2.41. The van der Waals surface area contributed by atoms with E-state index >= 15 is 0 Å². The van der Waals surface area contributed by atoms with E-state index in [1.165, 1.54) is 49.7 Å². The van der Waals surface area contributed by atoms with E-state index in [0.29, 0.717) is 5.92 Å². The lowest BCUT2D eigenvalue weighted by atomic mass is 9.76. The van der Waals surface area contributed by atoms with Gasteiger partial charge in [-0.25, -0.2) is 0 Å². The standard InChI is InChI=1S/C16H25N/c1-13-9-11-15(12-10-13)16(2,17)14-7-5-3-4-6-8-14/h9-12,14H,3-8,17H2,1-2H3. The van der Waals surface area contributed by atoms with Crippen LogP contribution in [0, 0.1) is 12.8 Å². The number of hydrogen-bond acceptors (Lipinski definition) is 1. The first-order valence-electron chi connectivity index (χ1n) is 6.97. The van der Waals surface area contributed by atoms with Crippen molar-refractivity contribution in [2.75, 3.05) is 0 Å². The highest BCUT2D eigenvalue weighted by Crippen LogP contribution is 2.36. The van der Waals surface area contributed by atoms with Crippen LogP contribution in [-0.4, -0.2) is 0 Å². The first-order chi connectivity index (χ1) is 8.10. The van der Waals surface area contributed by atoms with E-state index in [9.17, 15) is 0 Å². The summed E-state index contributed by atoms with van der Waals surface area (Å²) in [6.07, 6.45) is 8.06. The Labute approximate surface area is 105 Å². The van der Waals surface area contributed by atoms with Gasteiger partial charge in [0.05, 0.1) is 0 Å². The van der Waals surface area contributed by atoms with E-state index in [1.54, 1.807) is 0 Å². The number of hydrogen-bond donors (Lipinski definition) is 1. The molecule has 1 aliphatic carbocycles. The van der Waals surface area contributed by atoms with Crippen molar-refractivity contribution in [1.82, 2.24) is 0 Å². The van der Waals surface area contributed by atoms with Crippen LogP contribution in [0.2, 0.25) is 0 Å². The average molecular weight is 231 g/mol. The number of nitrogens with two attached hydrogens (primary N) is 1. The molecule has 0 heterocycles. The Bertz CT molecular complexity index is 342. The van der Waals surface area contributed by atoms with Crippen LogP contribution < -0.4 is 5.73 Å². The fourth-order valence-electron chi connectivity index (χ4n) is 3.03. The minimum Gasteiger partial charge on any atom is -0.321 e. The smallest absolute Gasteiger partial charge is 0.0409 e. The van der Waals surface area contributed by atoms with Gasteiger partial charge in [0.1, 0.15) is 0 Å². The third kappa shape index (κ3) is 2.90. The van der Waals surface area contributed by atoms with Gasteiger partial charge < -0.3 is 5.73 Å². The van der Waals surface area contributed by atoms with E-state index in [4.69, 9.17) is 5.73 Å². The third-order valence-corrected chi connectivity index (χ3v) is 4.38. The SMILES string of the molecule is Cc1ccc(C(C)(N)C2CCCCCC2)cc1. The Morgan fingerprint density at radius 1 is 1.00 bits per heavy atom. The van der Waals surface area contributed by atoms with Crippen molar-refractivity contribution in [2.24, 2.45) is 11.7 Å². The van der Waals surface area contributed by atoms with E-state index in [2.05, 4.69) is 38.1 Å². The highest BCUT2D eigenvalue weighted by molar-refractivity contribution is 5.27. The lowest BCUT2D eigenvalue weighted by molar-refractivity contribution is 0.269. The summed E-state index contributed by atoms with van der Waals surface area (Å²) >= 11 is 0. The quantitative estimate of drug-likeness (QED) is 0.761. The van der Waals surface area contributed by atoms with Crippen LogP contribution >= 0.6 is 0 Å². The molecule has 0 bridgehead atoms. The van der Waals surface area contributed by atoms with Gasteiger partial charge in [0.15, 0.2) is 0 Å². The summed E-state index contributed by atoms with van der Waals surface area (Å²) in [6, 6.07) is 8.77. The van der Waals surface area contributed by atoms with Crippen LogP contribution in [0.1, 0.15) is 56.6 Å². The van der Waals surface area contributed by atoms with Crippen LogP contribution in [0.3, 0.4) is 0 Å². The molecule has 0 amide bonds. The Morgan fingerprint density at radius 2 is 1.53 bits per heavy atom. The first-order valence-corrected chi connectivity index (χ1v) is 6.97. The van der Waals surface area contributed by atoms with Crippen molar-refractivity contribution in [3.63, 3.8) is 0 Å². The summed E-state index contributed by atoms with van der Waals surface area (Å²) in [7, 11) is 0. The first kappa shape index (κ1) is 12.6. The van der Waals surface area contributed by atoms with Crippen molar-refractivity contribution >= 4 is 0 Å². The van der Waals surface area contributed by atoms with Crippen LogP contribution in [0.15, 0.2) is 24.3 Å². The van der Waals surface area contributed by atoms with E-state index in [1.807, 2.05) is 0 Å². The molecule has 17 heavy (non-hydrogen) atoms. The zero-order valence-corrected chi connectivity index (χ0v) is 11.2. The van der Waals surface area contributed by atoms with Gasteiger partial charge in [0, 0.05) is 5.54 Å². The van der Waals surface area contributed by atoms with Crippen molar-refractivity contribution in [3.05, 3.63) is 35.4 Å². The third-order valence-electron chi connectivity index (χ3n) is 4.38. The second-order valence-electron chi connectivity index (χ2n) is 5.84. The summed E-state index contributed by atoms with van der Waals surface area (Å²) in [5, 5.41) is 0. The van der Waals surface area contributed by atoms with Gasteiger partial charge in [-0.3, -0.25) is 0 Å². The van der Waals surface area contributed by atoms with Gasteiger partial charge in [-0.2, -0.15) is 0 Å². The molecular weight excluding hydrogens is 206 g/mol. The van der Waals surface area contributed by atoms with Crippen LogP contribution in [0.25, 0.3) is 0 Å². The zero-order chi connectivity index (χ0) is 12.3. The van der Waals surface area contributed by atoms with E-state index in [0.717, 1.165) is 0 Å². The molecule has 1 aliphatic rings. The van der Waals surface area contributed by atoms with Crippen molar-refractivity contribution < 1.29 is 0 Å². The maximum atomic E-state index is 6.63. The highest BCUT2D eigenvalue weighted by atomic mass is 14.7. The zero-order valence-electron chi connectivity index (χ0n) is 11.2. The van der Waals surface area contributed by atoms with Crippen molar-refractivity contribution in [3.8, 4) is 0 Å². The Balaban J connectivity index is 2.18. The van der Waals surface area contributed by atoms with Gasteiger partial charge in [-0.05, 0) is 38.2 Å². The minimum atomic E-state index is -0.155. The highest BCUT2D eigenvalue weighted by Gasteiger charge is 2.31. The summed E-state index contributed by atoms with van der Waals surface area (Å²) in [5.74, 6) is 0.646. The van der Waals surface area contributed by atoms with Crippen molar-refractivity contribution in [2.45, 2.75) is 57.9 Å². The predicted molar refractivity (Wildman–Crippen MR) is 73.9 cm³/mol. The summed E-state index contributed by atoms with van der Waals surface area (Å²) in [5.41, 5.74) is 9.09. The minimum absolute atomic E-state index is 0.155. The van der Waals surface area contributed by atoms with Crippen LogP contribution in [-0.2, 0) is 5.54 Å². The second kappa shape index (κ2) is 5.22. The summed E-state index contributed by atoms with van der Waals surface area (Å²) in [4.78, 5) is 0. The van der Waals surface area contributed by atoms with Gasteiger partial charge >= 0.3 is 0 Å². The van der Waals surface area contributed by atoms with Gasteiger partial charge in [0.2, 0.25) is 0 Å². The molecule has 0 aliphatic heterocycles. The normalized spacial score (nSPS) is 21.8. The van der Waals surface area contributed by atoms with Crippen molar-refractivity contribution in [1.29, 1.82) is 0 Å². The molecule has 1 aromatic rings. The van der Waals surface area contributed by atoms with Gasteiger partial charge in [-0.1, -0.05) is 55.5 Å². The molecule has 1 atom stereocenters. The number of aryl methyl sites for hydroxylation is 1. The van der Waals surface area contributed by atoms with E-state index in [-0.39, 0.29) is 5.54 Å². The molecule has 0 radical (unpaired) electrons. The molecule has 2 N–H and O–H groups in total. The average Bonchev–Trinajstić information content (AvgIpc) is 2.58. The fourth-order valence-corrected chi connectivity index (χ4v) is 3.03. The number of benzene rings is 1. The molecule has 1 saturated carbocycles. The number of rotatable bonds is 2.